The largest absolute Gasteiger partial charge is 0.387 e. The Balaban J connectivity index is 2.59. The van der Waals surface area contributed by atoms with E-state index >= 15 is 0 Å². The number of aliphatic hydroxyl groups excluding tert-OH is 3. The highest BCUT2D eigenvalue weighted by atomic mass is 16.7. The number of hydrogen-bond donors (Lipinski definition) is 3. The van der Waals surface area contributed by atoms with Crippen molar-refractivity contribution in [3.8, 4) is 12.3 Å². The lowest BCUT2D eigenvalue weighted by atomic mass is 10.00. The zero-order valence-corrected chi connectivity index (χ0v) is 9.26. The monoisotopic (exact) mass is 245 g/mol. The molecule has 0 bridgehead atoms. The number of hydrogen-bond acceptors (Lipinski definition) is 7. The molecule has 0 aromatic heterocycles. The number of rotatable bonds is 4. The third kappa shape index (κ3) is 3.39. The van der Waals surface area contributed by atoms with Crippen LogP contribution in [0.1, 0.15) is 0 Å². The van der Waals surface area contributed by atoms with E-state index in [1.165, 1.54) is 7.11 Å². The summed E-state index contributed by atoms with van der Waals surface area (Å²) in [5.74, 6) is 2.20. The topological polar surface area (TPSA) is 101 Å². The number of terminal acetylenes is 1. The Bertz CT molecular complexity index is 300. The molecule has 1 saturated heterocycles. The average Bonchev–Trinajstić information content (AvgIpc) is 2.34. The lowest BCUT2D eigenvalue weighted by Crippen LogP contribution is -2.58. The Morgan fingerprint density at radius 2 is 2.06 bits per heavy atom. The van der Waals surface area contributed by atoms with E-state index in [1.807, 2.05) is 0 Å². The minimum absolute atomic E-state index is 0.0157. The van der Waals surface area contributed by atoms with Gasteiger partial charge in [-0.05, 0) is 0 Å². The van der Waals surface area contributed by atoms with Crippen LogP contribution in [0.25, 0.3) is 0 Å². The minimum Gasteiger partial charge on any atom is -0.387 e. The van der Waals surface area contributed by atoms with Crippen LogP contribution < -0.4 is 0 Å². The van der Waals surface area contributed by atoms with Crippen molar-refractivity contribution in [1.82, 2.24) is 0 Å². The maximum atomic E-state index is 9.60. The van der Waals surface area contributed by atoms with Gasteiger partial charge in [0, 0.05) is 7.11 Å². The van der Waals surface area contributed by atoms with E-state index < -0.39 is 30.7 Å². The second-order valence-corrected chi connectivity index (χ2v) is 3.41. The van der Waals surface area contributed by atoms with Crippen molar-refractivity contribution < 1.29 is 29.6 Å². The molecule has 1 rings (SSSR count). The molecule has 17 heavy (non-hydrogen) atoms. The third-order valence-corrected chi connectivity index (χ3v) is 2.27. The number of nitrogens with zero attached hydrogens (tertiary/aromatic N) is 1. The van der Waals surface area contributed by atoms with Gasteiger partial charge in [-0.1, -0.05) is 11.1 Å². The molecule has 3 N–H and O–H groups in total. The maximum Gasteiger partial charge on any atom is 0.186 e. The van der Waals surface area contributed by atoms with Crippen LogP contribution in [0.2, 0.25) is 0 Å². The van der Waals surface area contributed by atoms with Crippen molar-refractivity contribution >= 4 is 6.21 Å². The van der Waals surface area contributed by atoms with Crippen molar-refractivity contribution in [3.63, 3.8) is 0 Å². The summed E-state index contributed by atoms with van der Waals surface area (Å²) in [7, 11) is 1.31. The average molecular weight is 245 g/mol. The molecule has 0 radical (unpaired) electrons. The highest BCUT2D eigenvalue weighted by Crippen LogP contribution is 2.20. The highest BCUT2D eigenvalue weighted by Gasteiger charge is 2.43. The lowest BCUT2D eigenvalue weighted by molar-refractivity contribution is -0.274. The van der Waals surface area contributed by atoms with Gasteiger partial charge in [0.1, 0.15) is 24.4 Å². The molecular weight excluding hydrogens is 230 g/mol. The molecule has 0 saturated carbocycles. The molecule has 0 amide bonds. The van der Waals surface area contributed by atoms with E-state index in [0.717, 1.165) is 6.21 Å². The predicted octanol–water partition coefficient (Wildman–Crippen LogP) is -1.92. The molecule has 0 aromatic carbocycles. The number of ether oxygens (including phenoxy) is 2. The summed E-state index contributed by atoms with van der Waals surface area (Å²) in [6.45, 7) is -0.0157. The molecule has 5 atom stereocenters. The Hall–Kier alpha value is -1.17. The maximum absolute atomic E-state index is 9.60. The van der Waals surface area contributed by atoms with Crippen molar-refractivity contribution in [2.75, 3.05) is 13.7 Å². The first-order valence-corrected chi connectivity index (χ1v) is 4.93. The number of aliphatic hydroxyl groups is 3. The summed E-state index contributed by atoms with van der Waals surface area (Å²) < 4.78 is 9.95. The molecular formula is C10H15NO6. The van der Waals surface area contributed by atoms with Crippen molar-refractivity contribution in [3.05, 3.63) is 0 Å². The molecule has 1 heterocycles. The van der Waals surface area contributed by atoms with Crippen LogP contribution in [0.3, 0.4) is 0 Å². The second kappa shape index (κ2) is 6.54. The normalized spacial score (nSPS) is 37.9. The van der Waals surface area contributed by atoms with Gasteiger partial charge >= 0.3 is 0 Å². The van der Waals surface area contributed by atoms with E-state index in [0.29, 0.717) is 0 Å². The fourth-order valence-electron chi connectivity index (χ4n) is 1.37. The Labute approximate surface area is 98.6 Å². The molecule has 1 aliphatic rings. The van der Waals surface area contributed by atoms with Crippen molar-refractivity contribution in [2.24, 2.45) is 5.16 Å². The second-order valence-electron chi connectivity index (χ2n) is 3.41. The first-order valence-electron chi connectivity index (χ1n) is 4.93. The summed E-state index contributed by atoms with van der Waals surface area (Å²) in [6.07, 6.45) is 0.0433. The van der Waals surface area contributed by atoms with Gasteiger partial charge in [-0.3, -0.25) is 0 Å². The van der Waals surface area contributed by atoms with Gasteiger partial charge in [-0.15, -0.1) is 6.42 Å². The smallest absolute Gasteiger partial charge is 0.186 e. The van der Waals surface area contributed by atoms with E-state index in [-0.39, 0.29) is 6.61 Å². The van der Waals surface area contributed by atoms with Crippen LogP contribution in [0, 0.1) is 12.3 Å². The van der Waals surface area contributed by atoms with Gasteiger partial charge in [0.2, 0.25) is 0 Å². The number of oxime groups is 1. The molecule has 1 aliphatic heterocycles. The van der Waals surface area contributed by atoms with Crippen LogP contribution in [-0.4, -0.2) is 66.0 Å². The van der Waals surface area contributed by atoms with Crippen LogP contribution in [0.4, 0.5) is 0 Å². The first-order chi connectivity index (χ1) is 8.11. The number of methoxy groups -OCH3 is 1. The predicted molar refractivity (Wildman–Crippen MR) is 57.0 cm³/mol. The van der Waals surface area contributed by atoms with Gasteiger partial charge in [-0.2, -0.15) is 0 Å². The Morgan fingerprint density at radius 1 is 1.35 bits per heavy atom. The van der Waals surface area contributed by atoms with Crippen molar-refractivity contribution in [2.45, 2.75) is 30.7 Å². The molecule has 2 unspecified atom stereocenters. The standard InChI is InChI=1S/C10H15NO6/c1-3-4-16-11-5-6-7(12)8(13)9(14)10(15-2)17-6/h1,5-10,12-14H,4H2,2H3/b11-5+/t6?,7-,8-,9?,10+/m0/s1. The van der Waals surface area contributed by atoms with Gasteiger partial charge in [0.05, 0.1) is 6.21 Å². The fraction of sp³-hybridized carbons (Fsp3) is 0.700. The van der Waals surface area contributed by atoms with Crippen LogP contribution in [0.5, 0.6) is 0 Å². The molecule has 7 heteroatoms. The van der Waals surface area contributed by atoms with E-state index in [9.17, 15) is 15.3 Å². The highest BCUT2D eigenvalue weighted by molar-refractivity contribution is 5.63. The summed E-state index contributed by atoms with van der Waals surface area (Å²) in [5, 5.41) is 32.1. The third-order valence-electron chi connectivity index (χ3n) is 2.27. The zero-order valence-electron chi connectivity index (χ0n) is 9.26. The van der Waals surface area contributed by atoms with E-state index in [2.05, 4.69) is 15.9 Å². The summed E-state index contributed by atoms with van der Waals surface area (Å²) in [4.78, 5) is 4.62. The van der Waals surface area contributed by atoms with E-state index in [1.54, 1.807) is 0 Å². The molecule has 1 fully saturated rings. The molecule has 0 aliphatic carbocycles. The van der Waals surface area contributed by atoms with Crippen LogP contribution >= 0.6 is 0 Å². The van der Waals surface area contributed by atoms with Gasteiger partial charge in [-0.25, -0.2) is 0 Å². The lowest BCUT2D eigenvalue weighted by Gasteiger charge is -2.38. The molecule has 0 spiro atoms. The Morgan fingerprint density at radius 3 is 2.65 bits per heavy atom. The van der Waals surface area contributed by atoms with Gasteiger partial charge < -0.3 is 29.6 Å². The summed E-state index contributed by atoms with van der Waals surface area (Å²) in [5.41, 5.74) is 0. The Kier molecular flexibility index (Phi) is 5.34. The van der Waals surface area contributed by atoms with Gasteiger partial charge in [0.25, 0.3) is 0 Å². The zero-order chi connectivity index (χ0) is 12.8. The van der Waals surface area contributed by atoms with Gasteiger partial charge in [0.15, 0.2) is 12.9 Å². The minimum atomic E-state index is -1.39. The first kappa shape index (κ1) is 13.9. The van der Waals surface area contributed by atoms with Crippen LogP contribution in [0.15, 0.2) is 5.16 Å². The fourth-order valence-corrected chi connectivity index (χ4v) is 1.37. The summed E-state index contributed by atoms with van der Waals surface area (Å²) >= 11 is 0. The van der Waals surface area contributed by atoms with Crippen LogP contribution in [-0.2, 0) is 14.3 Å². The SMILES string of the molecule is C#CCO/N=C/C1O[C@@H](OC)C(O)[C@@H](O)[C@H]1O. The molecule has 7 nitrogen and oxygen atoms in total. The van der Waals surface area contributed by atoms with Crippen molar-refractivity contribution in [1.29, 1.82) is 0 Å². The molecule has 0 aromatic rings. The van der Waals surface area contributed by atoms with E-state index in [4.69, 9.17) is 15.9 Å². The molecule has 96 valence electrons. The summed E-state index contributed by atoms with van der Waals surface area (Å²) in [6, 6.07) is 0. The quantitative estimate of drug-likeness (QED) is 0.231.